The highest BCUT2D eigenvalue weighted by Crippen LogP contribution is 2.21. The summed E-state index contributed by atoms with van der Waals surface area (Å²) in [4.78, 5) is 24.9. The molecule has 1 aromatic carbocycles. The number of carbonyl (C=O) groups is 2. The van der Waals surface area contributed by atoms with E-state index in [1.54, 1.807) is 0 Å². The summed E-state index contributed by atoms with van der Waals surface area (Å²) in [6.07, 6.45) is 0. The molecule has 0 saturated heterocycles. The minimum Gasteiger partial charge on any atom is -0.452 e. The predicted octanol–water partition coefficient (Wildman–Crippen LogP) is 2.34. The average Bonchev–Trinajstić information content (AvgIpc) is 3.14. The number of ether oxygens (including phenoxy) is 1. The van der Waals surface area contributed by atoms with E-state index < -0.39 is 28.5 Å². The van der Waals surface area contributed by atoms with Crippen molar-refractivity contribution in [2.24, 2.45) is 0 Å². The van der Waals surface area contributed by atoms with Crippen LogP contribution in [0.1, 0.15) is 28.2 Å². The maximum Gasteiger partial charge on any atom is 0.340 e. The number of esters is 1. The molecule has 1 atom stereocenters. The molecule has 26 heavy (non-hydrogen) atoms. The summed E-state index contributed by atoms with van der Waals surface area (Å²) in [6, 6.07) is 7.19. The Labute approximate surface area is 160 Å². The molecule has 0 fully saturated rings. The maximum absolute atomic E-state index is 12.2. The fourth-order valence-electron chi connectivity index (χ4n) is 2.05. The average molecular weight is 417 g/mol. The minimum atomic E-state index is -3.74. The van der Waals surface area contributed by atoms with Crippen LogP contribution in [0.2, 0.25) is 5.02 Å². The Morgan fingerprint density at radius 3 is 2.65 bits per heavy atom. The first-order chi connectivity index (χ1) is 12.2. The monoisotopic (exact) mass is 416 g/mol. The van der Waals surface area contributed by atoms with Gasteiger partial charge in [0.15, 0.2) is 6.61 Å². The Bertz CT molecular complexity index is 897. The van der Waals surface area contributed by atoms with Gasteiger partial charge >= 0.3 is 5.97 Å². The Kier molecular flexibility index (Phi) is 6.76. The van der Waals surface area contributed by atoms with E-state index in [9.17, 15) is 18.0 Å². The second-order valence-electron chi connectivity index (χ2n) is 5.23. The van der Waals surface area contributed by atoms with Gasteiger partial charge in [-0.3, -0.25) is 4.79 Å². The third kappa shape index (κ3) is 5.04. The lowest BCUT2D eigenvalue weighted by Crippen LogP contribution is -2.30. The first-order valence-electron chi connectivity index (χ1n) is 7.47. The van der Waals surface area contributed by atoms with E-state index in [4.69, 9.17) is 16.3 Å². The van der Waals surface area contributed by atoms with Crippen LogP contribution in [-0.2, 0) is 19.6 Å². The second kappa shape index (κ2) is 8.63. The van der Waals surface area contributed by atoms with Crippen LogP contribution in [0.5, 0.6) is 0 Å². The van der Waals surface area contributed by atoms with Crippen molar-refractivity contribution in [3.8, 4) is 0 Å². The standard InChI is InChI=1S/C16H17ClN2O5S2/c1-10(14-4-3-7-25-14)19-15(20)9-24-16(21)12-8-11(5-6-13(12)17)26(22,23)18-2/h3-8,10,18H,9H2,1-2H3,(H,19,20)/t10-/m0/s1. The fraction of sp³-hybridized carbons (Fsp3) is 0.250. The molecule has 0 unspecified atom stereocenters. The maximum atomic E-state index is 12.2. The van der Waals surface area contributed by atoms with E-state index in [-0.39, 0.29) is 21.5 Å². The van der Waals surface area contributed by atoms with Crippen molar-refractivity contribution in [3.05, 3.63) is 51.2 Å². The largest absolute Gasteiger partial charge is 0.452 e. The van der Waals surface area contributed by atoms with Gasteiger partial charge in [0.2, 0.25) is 10.0 Å². The zero-order chi connectivity index (χ0) is 19.3. The molecule has 0 saturated carbocycles. The highest BCUT2D eigenvalue weighted by atomic mass is 35.5. The Hall–Kier alpha value is -1.94. The number of sulfonamides is 1. The van der Waals surface area contributed by atoms with Gasteiger partial charge < -0.3 is 10.1 Å². The summed E-state index contributed by atoms with van der Waals surface area (Å²) < 4.78 is 30.7. The molecule has 0 aliphatic carbocycles. The van der Waals surface area contributed by atoms with Crippen LogP contribution < -0.4 is 10.0 Å². The van der Waals surface area contributed by atoms with Crippen molar-refractivity contribution in [2.75, 3.05) is 13.7 Å². The number of hydrogen-bond acceptors (Lipinski definition) is 6. The van der Waals surface area contributed by atoms with Crippen molar-refractivity contribution in [1.29, 1.82) is 0 Å². The van der Waals surface area contributed by atoms with Crippen LogP contribution >= 0.6 is 22.9 Å². The number of thiophene rings is 1. The van der Waals surface area contributed by atoms with Crippen LogP contribution in [0.3, 0.4) is 0 Å². The number of rotatable bonds is 7. The van der Waals surface area contributed by atoms with Crippen LogP contribution in [-0.4, -0.2) is 33.9 Å². The number of hydrogen-bond donors (Lipinski definition) is 2. The van der Waals surface area contributed by atoms with Crippen molar-refractivity contribution in [1.82, 2.24) is 10.0 Å². The zero-order valence-electron chi connectivity index (χ0n) is 14.0. The topological polar surface area (TPSA) is 102 Å². The van der Waals surface area contributed by atoms with E-state index in [0.717, 1.165) is 10.9 Å². The van der Waals surface area contributed by atoms with Crippen molar-refractivity contribution in [2.45, 2.75) is 17.9 Å². The van der Waals surface area contributed by atoms with Gasteiger partial charge in [0.05, 0.1) is 21.5 Å². The molecular weight excluding hydrogens is 400 g/mol. The van der Waals surface area contributed by atoms with Crippen molar-refractivity contribution < 1.29 is 22.7 Å². The molecule has 1 aromatic heterocycles. The lowest BCUT2D eigenvalue weighted by molar-refractivity contribution is -0.124. The molecule has 140 valence electrons. The third-order valence-corrected chi connectivity index (χ3v) is 6.22. The molecule has 7 nitrogen and oxygen atoms in total. The van der Waals surface area contributed by atoms with Crippen LogP contribution in [0.15, 0.2) is 40.6 Å². The summed E-state index contributed by atoms with van der Waals surface area (Å²) in [6.45, 7) is 1.31. The van der Waals surface area contributed by atoms with Gasteiger partial charge in [-0.25, -0.2) is 17.9 Å². The van der Waals surface area contributed by atoms with E-state index >= 15 is 0 Å². The lowest BCUT2D eigenvalue weighted by atomic mass is 10.2. The minimum absolute atomic E-state index is 0.0254. The molecule has 2 rings (SSSR count). The molecule has 0 aliphatic heterocycles. The van der Waals surface area contributed by atoms with E-state index in [0.29, 0.717) is 0 Å². The third-order valence-electron chi connectivity index (χ3n) is 3.42. The molecule has 2 aromatic rings. The number of benzene rings is 1. The number of nitrogens with one attached hydrogen (secondary N) is 2. The quantitative estimate of drug-likeness (QED) is 0.674. The SMILES string of the molecule is CNS(=O)(=O)c1ccc(Cl)c(C(=O)OCC(=O)N[C@@H](C)c2cccs2)c1. The second-order valence-corrected chi connectivity index (χ2v) is 8.50. The van der Waals surface area contributed by atoms with Gasteiger partial charge in [-0.2, -0.15) is 0 Å². The van der Waals surface area contributed by atoms with Gasteiger partial charge in [-0.05, 0) is 43.6 Å². The van der Waals surface area contributed by atoms with Crippen LogP contribution in [0.4, 0.5) is 0 Å². The van der Waals surface area contributed by atoms with Gasteiger partial charge in [0.1, 0.15) is 0 Å². The Morgan fingerprint density at radius 1 is 1.31 bits per heavy atom. The van der Waals surface area contributed by atoms with Gasteiger partial charge in [-0.1, -0.05) is 17.7 Å². The summed E-state index contributed by atoms with van der Waals surface area (Å²) >= 11 is 7.44. The highest BCUT2D eigenvalue weighted by molar-refractivity contribution is 7.89. The van der Waals surface area contributed by atoms with Gasteiger partial charge in [0.25, 0.3) is 5.91 Å². The summed E-state index contributed by atoms with van der Waals surface area (Å²) in [7, 11) is -2.49. The zero-order valence-corrected chi connectivity index (χ0v) is 16.4. The normalized spacial score (nSPS) is 12.4. The molecule has 2 N–H and O–H groups in total. The van der Waals surface area contributed by atoms with E-state index in [1.807, 2.05) is 24.4 Å². The summed E-state index contributed by atoms with van der Waals surface area (Å²) in [5.74, 6) is -1.36. The van der Waals surface area contributed by atoms with Gasteiger partial charge in [0, 0.05) is 4.88 Å². The highest BCUT2D eigenvalue weighted by Gasteiger charge is 2.19. The van der Waals surface area contributed by atoms with E-state index in [2.05, 4.69) is 10.0 Å². The van der Waals surface area contributed by atoms with Crippen molar-refractivity contribution in [3.63, 3.8) is 0 Å². The molecule has 10 heteroatoms. The van der Waals surface area contributed by atoms with Crippen molar-refractivity contribution >= 4 is 44.8 Å². The number of halogens is 1. The summed E-state index contributed by atoms with van der Waals surface area (Å²) in [5, 5.41) is 4.62. The molecule has 0 spiro atoms. The first-order valence-corrected chi connectivity index (χ1v) is 10.2. The number of amides is 1. The molecule has 1 amide bonds. The first kappa shape index (κ1) is 20.4. The molecule has 0 bridgehead atoms. The van der Waals surface area contributed by atoms with Crippen LogP contribution in [0, 0.1) is 0 Å². The molecule has 0 radical (unpaired) electrons. The number of carbonyl (C=O) groups excluding carboxylic acids is 2. The Morgan fingerprint density at radius 2 is 2.04 bits per heavy atom. The molecule has 1 heterocycles. The van der Waals surface area contributed by atoms with Gasteiger partial charge in [-0.15, -0.1) is 11.3 Å². The predicted molar refractivity (Wildman–Crippen MR) is 98.9 cm³/mol. The fourth-order valence-corrected chi connectivity index (χ4v) is 3.73. The Balaban J connectivity index is 2.01. The van der Waals surface area contributed by atoms with Crippen LogP contribution in [0.25, 0.3) is 0 Å². The summed E-state index contributed by atoms with van der Waals surface area (Å²) in [5.41, 5.74) is -0.137. The molecular formula is C16H17ClN2O5S2. The van der Waals surface area contributed by atoms with E-state index in [1.165, 1.54) is 30.5 Å². The molecule has 0 aliphatic rings. The smallest absolute Gasteiger partial charge is 0.340 e. The lowest BCUT2D eigenvalue weighted by Gasteiger charge is -2.13.